The Bertz CT molecular complexity index is 993. The van der Waals surface area contributed by atoms with Gasteiger partial charge in [-0.1, -0.05) is 48.5 Å². The Balaban J connectivity index is 1.54. The predicted molar refractivity (Wildman–Crippen MR) is 96.6 cm³/mol. The van der Waals surface area contributed by atoms with Gasteiger partial charge in [0.1, 0.15) is 23.9 Å². The van der Waals surface area contributed by atoms with Crippen molar-refractivity contribution in [3.63, 3.8) is 0 Å². The number of carbonyl (C=O) groups excluding carboxylic acids is 1. The Kier molecular flexibility index (Phi) is 4.23. The molecule has 26 heavy (non-hydrogen) atoms. The van der Waals surface area contributed by atoms with Crippen molar-refractivity contribution in [3.05, 3.63) is 101 Å². The van der Waals surface area contributed by atoms with Crippen molar-refractivity contribution in [3.8, 4) is 11.5 Å². The largest absolute Gasteiger partial charge is 0.489 e. The minimum atomic E-state index is -0.403. The van der Waals surface area contributed by atoms with Crippen molar-refractivity contribution < 1.29 is 18.7 Å². The summed E-state index contributed by atoms with van der Waals surface area (Å²) in [4.78, 5) is 12.4. The number of allylic oxidation sites excluding steroid dienone is 1. The van der Waals surface area contributed by atoms with Crippen LogP contribution in [0.3, 0.4) is 0 Å². The molecule has 0 N–H and O–H groups in total. The molecule has 0 amide bonds. The molecular weight excluding hydrogens is 331 g/mol. The summed E-state index contributed by atoms with van der Waals surface area (Å²) >= 11 is 0. The molecule has 3 aromatic carbocycles. The summed E-state index contributed by atoms with van der Waals surface area (Å²) in [6.07, 6.45) is 1.42. The maximum atomic E-state index is 13.8. The molecule has 0 bridgehead atoms. The number of hydrogen-bond donors (Lipinski definition) is 0. The van der Waals surface area contributed by atoms with Crippen LogP contribution in [0, 0.1) is 5.82 Å². The average molecular weight is 346 g/mol. The van der Waals surface area contributed by atoms with Gasteiger partial charge in [0.2, 0.25) is 5.78 Å². The number of ketones is 1. The number of benzene rings is 3. The third-order valence-corrected chi connectivity index (χ3v) is 4.08. The topological polar surface area (TPSA) is 35.5 Å². The number of halogens is 1. The van der Waals surface area contributed by atoms with Gasteiger partial charge in [-0.15, -0.1) is 0 Å². The molecule has 1 aliphatic heterocycles. The third kappa shape index (κ3) is 3.22. The van der Waals surface area contributed by atoms with E-state index in [0.29, 0.717) is 29.2 Å². The fourth-order valence-electron chi connectivity index (χ4n) is 2.73. The van der Waals surface area contributed by atoms with Crippen molar-refractivity contribution in [2.45, 2.75) is 6.61 Å². The summed E-state index contributed by atoms with van der Waals surface area (Å²) in [7, 11) is 0. The highest BCUT2D eigenvalue weighted by Gasteiger charge is 2.28. The molecule has 0 saturated carbocycles. The number of hydrogen-bond acceptors (Lipinski definition) is 3. The zero-order chi connectivity index (χ0) is 17.9. The number of rotatable bonds is 4. The quantitative estimate of drug-likeness (QED) is 0.622. The van der Waals surface area contributed by atoms with Gasteiger partial charge >= 0.3 is 0 Å². The standard InChI is InChI=1S/C22H15FO3/c23-19-9-5-4-8-16(19)12-21-22(24)18-11-10-17(13-20(18)26-21)25-14-15-6-2-1-3-7-15/h1-13H,14H2. The van der Waals surface area contributed by atoms with Gasteiger partial charge in [0.25, 0.3) is 0 Å². The van der Waals surface area contributed by atoms with E-state index in [4.69, 9.17) is 9.47 Å². The van der Waals surface area contributed by atoms with Gasteiger partial charge in [-0.25, -0.2) is 4.39 Å². The van der Waals surface area contributed by atoms with Gasteiger partial charge in [-0.05, 0) is 29.8 Å². The van der Waals surface area contributed by atoms with Crippen LogP contribution in [0.2, 0.25) is 0 Å². The molecule has 4 rings (SSSR count). The number of fused-ring (bicyclic) bond motifs is 1. The summed E-state index contributed by atoms with van der Waals surface area (Å²) in [6.45, 7) is 0.422. The molecule has 4 heteroatoms. The summed E-state index contributed by atoms with van der Waals surface area (Å²) in [5.41, 5.74) is 1.80. The fraction of sp³-hybridized carbons (Fsp3) is 0.0455. The van der Waals surface area contributed by atoms with Gasteiger partial charge in [-0.3, -0.25) is 4.79 Å². The first-order chi connectivity index (χ1) is 12.7. The van der Waals surface area contributed by atoms with Gasteiger partial charge in [0.05, 0.1) is 5.56 Å². The summed E-state index contributed by atoms with van der Waals surface area (Å²) in [5, 5.41) is 0. The van der Waals surface area contributed by atoms with E-state index in [9.17, 15) is 9.18 Å². The van der Waals surface area contributed by atoms with Crippen molar-refractivity contribution in [2.24, 2.45) is 0 Å². The zero-order valence-corrected chi connectivity index (χ0v) is 13.8. The van der Waals surface area contributed by atoms with E-state index in [1.807, 2.05) is 30.3 Å². The first-order valence-electron chi connectivity index (χ1n) is 8.20. The lowest BCUT2D eigenvalue weighted by Gasteiger charge is -2.07. The van der Waals surface area contributed by atoms with E-state index >= 15 is 0 Å². The number of carbonyl (C=O) groups is 1. The Hall–Kier alpha value is -3.40. The van der Waals surface area contributed by atoms with Crippen LogP contribution in [0.4, 0.5) is 4.39 Å². The Morgan fingerprint density at radius 2 is 1.73 bits per heavy atom. The van der Waals surface area contributed by atoms with E-state index in [1.54, 1.807) is 36.4 Å². The molecule has 0 fully saturated rings. The van der Waals surface area contributed by atoms with Crippen molar-refractivity contribution in [2.75, 3.05) is 0 Å². The maximum absolute atomic E-state index is 13.8. The lowest BCUT2D eigenvalue weighted by molar-refractivity contribution is 0.101. The second-order valence-corrected chi connectivity index (χ2v) is 5.89. The summed E-state index contributed by atoms with van der Waals surface area (Å²) in [5.74, 6) is 0.457. The van der Waals surface area contributed by atoms with Crippen LogP contribution in [-0.2, 0) is 6.61 Å². The second kappa shape index (κ2) is 6.84. The summed E-state index contributed by atoms with van der Waals surface area (Å²) < 4.78 is 25.2. The highest BCUT2D eigenvalue weighted by Crippen LogP contribution is 2.35. The fourth-order valence-corrected chi connectivity index (χ4v) is 2.73. The highest BCUT2D eigenvalue weighted by atomic mass is 19.1. The molecule has 0 saturated heterocycles. The van der Waals surface area contributed by atoms with Gasteiger partial charge < -0.3 is 9.47 Å². The molecule has 1 aliphatic rings. The van der Waals surface area contributed by atoms with Crippen LogP contribution in [0.1, 0.15) is 21.5 Å². The Labute approximate surface area is 150 Å². The van der Waals surface area contributed by atoms with E-state index in [2.05, 4.69) is 0 Å². The SMILES string of the molecule is O=C1C(=Cc2ccccc2F)Oc2cc(OCc3ccccc3)ccc21. The molecule has 128 valence electrons. The van der Waals surface area contributed by atoms with Gasteiger partial charge in [-0.2, -0.15) is 0 Å². The molecular formula is C22H15FO3. The minimum Gasteiger partial charge on any atom is -0.489 e. The third-order valence-electron chi connectivity index (χ3n) is 4.08. The van der Waals surface area contributed by atoms with E-state index in [1.165, 1.54) is 12.1 Å². The Morgan fingerprint density at radius 1 is 0.962 bits per heavy atom. The van der Waals surface area contributed by atoms with Crippen LogP contribution in [0.25, 0.3) is 6.08 Å². The molecule has 1 heterocycles. The van der Waals surface area contributed by atoms with Crippen molar-refractivity contribution >= 4 is 11.9 Å². The maximum Gasteiger partial charge on any atom is 0.231 e. The number of ether oxygens (including phenoxy) is 2. The first-order valence-corrected chi connectivity index (χ1v) is 8.20. The first kappa shape index (κ1) is 16.1. The van der Waals surface area contributed by atoms with Crippen molar-refractivity contribution in [1.82, 2.24) is 0 Å². The van der Waals surface area contributed by atoms with Crippen LogP contribution < -0.4 is 9.47 Å². The van der Waals surface area contributed by atoms with Crippen LogP contribution in [0.15, 0.2) is 78.6 Å². The van der Waals surface area contributed by atoms with Crippen LogP contribution in [0.5, 0.6) is 11.5 Å². The molecule has 3 aromatic rings. The van der Waals surface area contributed by atoms with E-state index < -0.39 is 5.82 Å². The van der Waals surface area contributed by atoms with Crippen molar-refractivity contribution in [1.29, 1.82) is 0 Å². The van der Waals surface area contributed by atoms with Crippen LogP contribution >= 0.6 is 0 Å². The summed E-state index contributed by atoms with van der Waals surface area (Å²) in [6, 6.07) is 21.1. The smallest absolute Gasteiger partial charge is 0.231 e. The highest BCUT2D eigenvalue weighted by molar-refractivity contribution is 6.14. The lowest BCUT2D eigenvalue weighted by atomic mass is 10.1. The lowest BCUT2D eigenvalue weighted by Crippen LogP contribution is -1.98. The molecule has 0 atom stereocenters. The zero-order valence-electron chi connectivity index (χ0n) is 13.8. The molecule has 0 unspecified atom stereocenters. The van der Waals surface area contributed by atoms with Crippen LogP contribution in [-0.4, -0.2) is 5.78 Å². The van der Waals surface area contributed by atoms with Gasteiger partial charge in [0.15, 0.2) is 5.76 Å². The normalized spacial score (nSPS) is 14.2. The predicted octanol–water partition coefficient (Wildman–Crippen LogP) is 5.02. The Morgan fingerprint density at radius 3 is 2.54 bits per heavy atom. The second-order valence-electron chi connectivity index (χ2n) is 5.89. The number of Topliss-reactive ketones (excluding diaryl/α,β-unsaturated/α-hetero) is 1. The monoisotopic (exact) mass is 346 g/mol. The van der Waals surface area contributed by atoms with E-state index in [-0.39, 0.29) is 11.5 Å². The molecule has 3 nitrogen and oxygen atoms in total. The molecule has 0 spiro atoms. The van der Waals surface area contributed by atoms with E-state index in [0.717, 1.165) is 5.56 Å². The van der Waals surface area contributed by atoms with Gasteiger partial charge in [0, 0.05) is 11.6 Å². The molecule has 0 radical (unpaired) electrons. The molecule has 0 aromatic heterocycles. The average Bonchev–Trinajstić information content (AvgIpc) is 2.98. The molecule has 0 aliphatic carbocycles. The minimum absolute atomic E-state index is 0.102.